The van der Waals surface area contributed by atoms with E-state index in [1.165, 1.54) is 0 Å². The first-order valence-corrected chi connectivity index (χ1v) is 11.4. The Labute approximate surface area is 204 Å². The first-order chi connectivity index (χ1) is 17.3. The van der Waals surface area contributed by atoms with Gasteiger partial charge in [-0.25, -0.2) is 9.67 Å². The average Bonchev–Trinajstić information content (AvgIpc) is 3.40. The van der Waals surface area contributed by atoms with Crippen molar-refractivity contribution in [2.45, 2.75) is 18.8 Å². The van der Waals surface area contributed by atoms with Crippen molar-refractivity contribution in [3.05, 3.63) is 155 Å². The minimum atomic E-state index is -0.698. The van der Waals surface area contributed by atoms with Crippen LogP contribution in [0, 0.1) is 11.3 Å². The molecule has 0 aliphatic heterocycles. The van der Waals surface area contributed by atoms with E-state index >= 15 is 0 Å². The molecule has 0 unspecified atom stereocenters. The Balaban J connectivity index is 1.53. The van der Waals surface area contributed by atoms with Crippen LogP contribution in [0.3, 0.4) is 0 Å². The van der Waals surface area contributed by atoms with E-state index in [2.05, 4.69) is 47.5 Å². The molecule has 0 amide bonds. The highest BCUT2D eigenvalue weighted by Crippen LogP contribution is 2.40. The van der Waals surface area contributed by atoms with Gasteiger partial charge in [-0.3, -0.25) is 0 Å². The zero-order valence-electron chi connectivity index (χ0n) is 19.2. The molecule has 0 radical (unpaired) electrons. The fraction of sp³-hybridized carbons (Fsp3) is 0.100. The Kier molecular flexibility index (Phi) is 6.47. The van der Waals surface area contributed by atoms with Gasteiger partial charge in [-0.2, -0.15) is 10.4 Å². The van der Waals surface area contributed by atoms with Crippen LogP contribution in [-0.2, 0) is 23.5 Å². The third-order valence-electron chi connectivity index (χ3n) is 6.01. The van der Waals surface area contributed by atoms with Gasteiger partial charge in [0.1, 0.15) is 18.5 Å². The molecular weight excluding hydrogens is 432 g/mol. The van der Waals surface area contributed by atoms with Crippen LogP contribution < -0.4 is 0 Å². The van der Waals surface area contributed by atoms with Gasteiger partial charge in [-0.15, -0.1) is 0 Å². The molecule has 0 aliphatic carbocycles. The molecule has 4 aromatic carbocycles. The predicted molar refractivity (Wildman–Crippen MR) is 134 cm³/mol. The molecule has 0 atom stereocenters. The zero-order chi connectivity index (χ0) is 23.9. The molecule has 0 fully saturated rings. The predicted octanol–water partition coefficient (Wildman–Crippen LogP) is 5.71. The molecule has 0 spiro atoms. The molecule has 5 nitrogen and oxygen atoms in total. The molecule has 0 saturated carbocycles. The maximum absolute atomic E-state index is 9.11. The number of nitrogens with zero attached hydrogens (tertiary/aromatic N) is 4. The Morgan fingerprint density at radius 2 is 1.29 bits per heavy atom. The summed E-state index contributed by atoms with van der Waals surface area (Å²) in [5, 5.41) is 14.0. The average molecular weight is 457 g/mol. The molecule has 0 N–H and O–H groups in total. The van der Waals surface area contributed by atoms with Gasteiger partial charge in [-0.1, -0.05) is 103 Å². The summed E-state index contributed by atoms with van der Waals surface area (Å²) >= 11 is 0. The van der Waals surface area contributed by atoms with Gasteiger partial charge < -0.3 is 4.74 Å². The van der Waals surface area contributed by atoms with Crippen molar-refractivity contribution in [1.29, 1.82) is 5.26 Å². The van der Waals surface area contributed by atoms with Gasteiger partial charge in [0.25, 0.3) is 0 Å². The van der Waals surface area contributed by atoms with Crippen molar-refractivity contribution in [2.24, 2.45) is 0 Å². The van der Waals surface area contributed by atoms with Gasteiger partial charge in [0.15, 0.2) is 5.82 Å². The molecule has 0 aliphatic rings. The Morgan fingerprint density at radius 3 is 1.83 bits per heavy atom. The molecule has 5 rings (SSSR count). The second-order valence-corrected chi connectivity index (χ2v) is 8.22. The van der Waals surface area contributed by atoms with Crippen LogP contribution in [0.15, 0.2) is 122 Å². The minimum Gasteiger partial charge on any atom is -0.369 e. The number of ether oxygens (including phenoxy) is 1. The smallest absolute Gasteiger partial charge is 0.176 e. The summed E-state index contributed by atoms with van der Waals surface area (Å²) in [4.78, 5) is 4.60. The van der Waals surface area contributed by atoms with Gasteiger partial charge >= 0.3 is 0 Å². The molecule has 0 bridgehead atoms. The van der Waals surface area contributed by atoms with Crippen LogP contribution in [0.25, 0.3) is 0 Å². The van der Waals surface area contributed by atoms with E-state index in [0.29, 0.717) is 18.0 Å². The zero-order valence-corrected chi connectivity index (χ0v) is 19.2. The SMILES string of the molecule is N#Cc1cccc(COCc2ncn(C(c3ccccc3)(c3ccccc3)c3ccccc3)n2)c1. The quantitative estimate of drug-likeness (QED) is 0.281. The van der Waals surface area contributed by atoms with Crippen LogP contribution >= 0.6 is 0 Å². The number of aromatic nitrogens is 3. The van der Waals surface area contributed by atoms with Crippen LogP contribution in [0.4, 0.5) is 0 Å². The van der Waals surface area contributed by atoms with Crippen molar-refractivity contribution in [3.8, 4) is 6.07 Å². The van der Waals surface area contributed by atoms with E-state index in [1.54, 1.807) is 12.4 Å². The summed E-state index contributed by atoms with van der Waals surface area (Å²) in [6.45, 7) is 0.642. The largest absolute Gasteiger partial charge is 0.369 e. The number of hydrogen-bond acceptors (Lipinski definition) is 4. The lowest BCUT2D eigenvalue weighted by molar-refractivity contribution is 0.101. The second kappa shape index (κ2) is 10.2. The summed E-state index contributed by atoms with van der Waals surface area (Å²) < 4.78 is 7.83. The summed E-state index contributed by atoms with van der Waals surface area (Å²) in [6.07, 6.45) is 1.78. The molecular formula is C30H24N4O. The van der Waals surface area contributed by atoms with Crippen LogP contribution in [0.2, 0.25) is 0 Å². The van der Waals surface area contributed by atoms with E-state index in [-0.39, 0.29) is 6.61 Å². The second-order valence-electron chi connectivity index (χ2n) is 8.22. The van der Waals surface area contributed by atoms with Crippen molar-refractivity contribution in [3.63, 3.8) is 0 Å². The maximum Gasteiger partial charge on any atom is 0.176 e. The third-order valence-corrected chi connectivity index (χ3v) is 6.01. The highest BCUT2D eigenvalue weighted by atomic mass is 16.5. The monoisotopic (exact) mass is 456 g/mol. The fourth-order valence-corrected chi connectivity index (χ4v) is 4.45. The van der Waals surface area contributed by atoms with Gasteiger partial charge in [-0.05, 0) is 34.4 Å². The van der Waals surface area contributed by atoms with Crippen LogP contribution in [-0.4, -0.2) is 14.8 Å². The van der Waals surface area contributed by atoms with Crippen LogP contribution in [0.5, 0.6) is 0 Å². The summed E-state index contributed by atoms with van der Waals surface area (Å²) in [6, 6.07) is 40.7. The summed E-state index contributed by atoms with van der Waals surface area (Å²) in [7, 11) is 0. The Morgan fingerprint density at radius 1 is 0.714 bits per heavy atom. The molecule has 1 heterocycles. The minimum absolute atomic E-state index is 0.262. The highest BCUT2D eigenvalue weighted by Gasteiger charge is 2.39. The Hall–Kier alpha value is -4.53. The maximum atomic E-state index is 9.11. The van der Waals surface area contributed by atoms with Gasteiger partial charge in [0.05, 0.1) is 18.2 Å². The van der Waals surface area contributed by atoms with Gasteiger partial charge in [0.2, 0.25) is 0 Å². The lowest BCUT2D eigenvalue weighted by Crippen LogP contribution is -2.38. The lowest BCUT2D eigenvalue weighted by atomic mass is 9.77. The number of hydrogen-bond donors (Lipinski definition) is 0. The van der Waals surface area contributed by atoms with Crippen LogP contribution in [0.1, 0.15) is 33.6 Å². The van der Waals surface area contributed by atoms with Gasteiger partial charge in [0, 0.05) is 0 Å². The van der Waals surface area contributed by atoms with E-state index in [0.717, 1.165) is 22.3 Å². The third kappa shape index (κ3) is 4.48. The van der Waals surface area contributed by atoms with E-state index < -0.39 is 5.54 Å². The highest BCUT2D eigenvalue weighted by molar-refractivity contribution is 5.50. The lowest BCUT2D eigenvalue weighted by Gasteiger charge is -2.35. The van der Waals surface area contributed by atoms with Crippen molar-refractivity contribution < 1.29 is 4.74 Å². The van der Waals surface area contributed by atoms with E-state index in [4.69, 9.17) is 15.1 Å². The number of nitriles is 1. The van der Waals surface area contributed by atoms with E-state index in [1.807, 2.05) is 77.5 Å². The molecule has 1 aromatic heterocycles. The molecule has 5 aromatic rings. The Bertz CT molecular complexity index is 1330. The molecule has 35 heavy (non-hydrogen) atoms. The number of benzene rings is 4. The normalized spacial score (nSPS) is 11.2. The standard InChI is InChI=1S/C30H24N4O/c31-20-24-11-10-12-25(19-24)21-35-22-29-32-23-34(33-29)30(26-13-4-1-5-14-26,27-15-6-2-7-16-27)28-17-8-3-9-18-28/h1-19,23H,21-22H2. The van der Waals surface area contributed by atoms with Crippen molar-refractivity contribution in [2.75, 3.05) is 0 Å². The fourth-order valence-electron chi connectivity index (χ4n) is 4.45. The molecule has 0 saturated heterocycles. The topological polar surface area (TPSA) is 63.7 Å². The molecule has 5 heteroatoms. The van der Waals surface area contributed by atoms with Crippen molar-refractivity contribution in [1.82, 2.24) is 14.8 Å². The van der Waals surface area contributed by atoms with E-state index in [9.17, 15) is 0 Å². The summed E-state index contributed by atoms with van der Waals surface area (Å²) in [5.74, 6) is 0.591. The first-order valence-electron chi connectivity index (χ1n) is 11.4. The molecule has 170 valence electrons. The number of rotatable bonds is 8. The summed E-state index contributed by atoms with van der Waals surface area (Å²) in [5.41, 5.74) is 4.12. The van der Waals surface area contributed by atoms with Crippen molar-refractivity contribution >= 4 is 0 Å². The first kappa shape index (κ1) is 22.3.